The van der Waals surface area contributed by atoms with E-state index in [0.717, 1.165) is 21.2 Å². The first-order valence-corrected chi connectivity index (χ1v) is 11.6. The number of aliphatic imine (C=N–C) groups is 1. The van der Waals surface area contributed by atoms with E-state index in [4.69, 9.17) is 4.89 Å². The van der Waals surface area contributed by atoms with Gasteiger partial charge in [0.2, 0.25) is 0 Å². The number of carbonyl (C=O) groups is 1. The van der Waals surface area contributed by atoms with Crippen molar-refractivity contribution >= 4 is 33.4 Å². The van der Waals surface area contributed by atoms with Crippen molar-refractivity contribution < 1.29 is 20.0 Å². The van der Waals surface area contributed by atoms with Crippen LogP contribution in [0.5, 0.6) is 5.75 Å². The number of fused-ring (bicyclic) bond motifs is 1. The van der Waals surface area contributed by atoms with Crippen molar-refractivity contribution in [3.05, 3.63) is 106 Å². The van der Waals surface area contributed by atoms with E-state index in [-0.39, 0.29) is 18.2 Å². The van der Waals surface area contributed by atoms with E-state index >= 15 is 0 Å². The maximum absolute atomic E-state index is 13.6. The number of phenolic OH excluding ortho intramolecular Hbond substituents is 1. The van der Waals surface area contributed by atoms with Crippen LogP contribution in [0.1, 0.15) is 16.7 Å². The number of phenols is 1. The molecule has 7 nitrogen and oxygen atoms in total. The summed E-state index contributed by atoms with van der Waals surface area (Å²) in [5.41, 5.74) is 1.59. The fourth-order valence-electron chi connectivity index (χ4n) is 4.24. The molecule has 2 atom stereocenters. The first-order chi connectivity index (χ1) is 16.5. The molecule has 1 amide bonds. The Morgan fingerprint density at radius 2 is 1.71 bits per heavy atom. The molecule has 0 fully saturated rings. The molecular formula is C26H22BrN3O4. The number of hydrogen-bond acceptors (Lipinski definition) is 6. The summed E-state index contributed by atoms with van der Waals surface area (Å²) < 4.78 is 0.908. The number of halogens is 1. The monoisotopic (exact) mass is 519 g/mol. The molecule has 0 aliphatic carbocycles. The number of amides is 1. The van der Waals surface area contributed by atoms with Gasteiger partial charge in [0.15, 0.2) is 0 Å². The maximum atomic E-state index is 13.6. The van der Waals surface area contributed by atoms with Crippen LogP contribution in [-0.4, -0.2) is 38.8 Å². The number of rotatable bonds is 6. The van der Waals surface area contributed by atoms with Crippen LogP contribution in [0.4, 0.5) is 0 Å². The Bertz CT molecular complexity index is 1260. The van der Waals surface area contributed by atoms with Gasteiger partial charge in [0.25, 0.3) is 11.6 Å². The Kier molecular flexibility index (Phi) is 5.95. The lowest BCUT2D eigenvalue weighted by Crippen LogP contribution is -2.50. The van der Waals surface area contributed by atoms with E-state index in [9.17, 15) is 15.2 Å². The molecule has 2 aliphatic rings. The predicted octanol–water partition coefficient (Wildman–Crippen LogP) is 4.34. The second-order valence-corrected chi connectivity index (χ2v) is 9.22. The summed E-state index contributed by atoms with van der Waals surface area (Å²) in [5, 5.41) is 23.1. The zero-order valence-corrected chi connectivity index (χ0v) is 19.6. The molecule has 2 aliphatic heterocycles. The number of nitrogens with zero attached hydrogens (tertiary/aromatic N) is 2. The van der Waals surface area contributed by atoms with Crippen molar-refractivity contribution in [2.75, 3.05) is 0 Å². The average molecular weight is 520 g/mol. The highest BCUT2D eigenvalue weighted by molar-refractivity contribution is 9.10. The van der Waals surface area contributed by atoms with E-state index in [0.29, 0.717) is 18.0 Å². The SMILES string of the molecule is O=C1N2C=C(c3ccc(O)cc3)N[C@H](Cc3ccccc3)C2=N[C@@]1(Cc1ccc(Br)cc1)OO. The zero-order chi connectivity index (χ0) is 23.7. The van der Waals surface area contributed by atoms with Gasteiger partial charge in [0, 0.05) is 17.1 Å². The summed E-state index contributed by atoms with van der Waals surface area (Å²) in [4.78, 5) is 24.5. The van der Waals surface area contributed by atoms with Crippen LogP contribution in [0.2, 0.25) is 0 Å². The first kappa shape index (κ1) is 22.3. The third-order valence-electron chi connectivity index (χ3n) is 5.96. The molecule has 34 heavy (non-hydrogen) atoms. The van der Waals surface area contributed by atoms with Crippen molar-refractivity contribution in [2.45, 2.75) is 24.6 Å². The molecule has 0 unspecified atom stereocenters. The highest BCUT2D eigenvalue weighted by Gasteiger charge is 2.52. The molecule has 0 spiro atoms. The number of carbonyl (C=O) groups excluding carboxylic acids is 1. The summed E-state index contributed by atoms with van der Waals surface area (Å²) >= 11 is 3.41. The minimum absolute atomic E-state index is 0.0794. The van der Waals surface area contributed by atoms with Gasteiger partial charge in [-0.2, -0.15) is 4.89 Å². The molecule has 0 aromatic heterocycles. The third kappa shape index (κ3) is 4.23. The Morgan fingerprint density at radius 1 is 1.00 bits per heavy atom. The van der Waals surface area contributed by atoms with Gasteiger partial charge < -0.3 is 10.4 Å². The normalized spacial score (nSPS) is 21.5. The van der Waals surface area contributed by atoms with Crippen LogP contribution in [0.3, 0.4) is 0 Å². The number of benzene rings is 3. The Hall–Kier alpha value is -3.46. The second kappa shape index (κ2) is 9.06. The highest BCUT2D eigenvalue weighted by atomic mass is 79.9. The van der Waals surface area contributed by atoms with Crippen molar-refractivity contribution in [1.82, 2.24) is 10.2 Å². The van der Waals surface area contributed by atoms with Gasteiger partial charge in [-0.25, -0.2) is 10.2 Å². The first-order valence-electron chi connectivity index (χ1n) is 10.8. The topological polar surface area (TPSA) is 94.4 Å². The lowest BCUT2D eigenvalue weighted by atomic mass is 10.0. The molecule has 0 bridgehead atoms. The summed E-state index contributed by atoms with van der Waals surface area (Å²) in [6.45, 7) is 0. The van der Waals surface area contributed by atoms with Crippen LogP contribution in [-0.2, 0) is 22.5 Å². The van der Waals surface area contributed by atoms with Gasteiger partial charge in [-0.05, 0) is 59.5 Å². The van der Waals surface area contributed by atoms with Crippen LogP contribution >= 0.6 is 15.9 Å². The van der Waals surface area contributed by atoms with Crippen molar-refractivity contribution in [2.24, 2.45) is 4.99 Å². The largest absolute Gasteiger partial charge is 0.508 e. The highest BCUT2D eigenvalue weighted by Crippen LogP contribution is 2.34. The molecule has 172 valence electrons. The molecule has 3 aromatic carbocycles. The second-order valence-electron chi connectivity index (χ2n) is 8.30. The van der Waals surface area contributed by atoms with Crippen molar-refractivity contribution in [3.63, 3.8) is 0 Å². The van der Waals surface area contributed by atoms with Gasteiger partial charge in [-0.15, -0.1) is 0 Å². The van der Waals surface area contributed by atoms with Gasteiger partial charge >= 0.3 is 0 Å². The summed E-state index contributed by atoms with van der Waals surface area (Å²) in [6.07, 6.45) is 2.31. The Morgan fingerprint density at radius 3 is 2.38 bits per heavy atom. The summed E-state index contributed by atoms with van der Waals surface area (Å²) in [6, 6.07) is 23.7. The fourth-order valence-corrected chi connectivity index (χ4v) is 4.51. The minimum Gasteiger partial charge on any atom is -0.508 e. The quantitative estimate of drug-likeness (QED) is 0.332. The maximum Gasteiger partial charge on any atom is 0.290 e. The molecular weight excluding hydrogens is 498 g/mol. The number of hydrogen-bond donors (Lipinski definition) is 3. The van der Waals surface area contributed by atoms with Crippen LogP contribution in [0.15, 0.2) is 94.5 Å². The molecule has 0 radical (unpaired) electrons. The predicted molar refractivity (Wildman–Crippen MR) is 132 cm³/mol. The number of amidine groups is 1. The summed E-state index contributed by atoms with van der Waals surface area (Å²) in [5.74, 6) is 0.161. The molecule has 2 heterocycles. The van der Waals surface area contributed by atoms with E-state index in [1.54, 1.807) is 30.5 Å². The zero-order valence-electron chi connectivity index (χ0n) is 18.1. The minimum atomic E-state index is -1.78. The molecule has 3 N–H and O–H groups in total. The van der Waals surface area contributed by atoms with Crippen molar-refractivity contribution in [1.29, 1.82) is 0 Å². The smallest absolute Gasteiger partial charge is 0.290 e. The average Bonchev–Trinajstić information content (AvgIpc) is 3.14. The van der Waals surface area contributed by atoms with E-state index in [2.05, 4.69) is 26.2 Å². The number of aromatic hydroxyl groups is 1. The van der Waals surface area contributed by atoms with Crippen molar-refractivity contribution in [3.8, 4) is 5.75 Å². The van der Waals surface area contributed by atoms with Gasteiger partial charge in [0.1, 0.15) is 11.6 Å². The molecule has 5 rings (SSSR count). The summed E-state index contributed by atoms with van der Waals surface area (Å²) in [7, 11) is 0. The third-order valence-corrected chi connectivity index (χ3v) is 6.49. The van der Waals surface area contributed by atoms with Gasteiger partial charge in [-0.3, -0.25) is 9.69 Å². The van der Waals surface area contributed by atoms with E-state index in [1.165, 1.54) is 4.90 Å². The molecule has 0 saturated heterocycles. The molecule has 0 saturated carbocycles. The fraction of sp³-hybridized carbons (Fsp3) is 0.154. The Balaban J connectivity index is 1.55. The van der Waals surface area contributed by atoms with Gasteiger partial charge in [0.05, 0.1) is 11.7 Å². The molecule has 3 aromatic rings. The van der Waals surface area contributed by atoms with Crippen LogP contribution in [0.25, 0.3) is 5.70 Å². The van der Waals surface area contributed by atoms with E-state index in [1.807, 2.05) is 54.6 Å². The lowest BCUT2D eigenvalue weighted by molar-refractivity contribution is -0.308. The van der Waals surface area contributed by atoms with Crippen LogP contribution in [0, 0.1) is 0 Å². The van der Waals surface area contributed by atoms with Crippen LogP contribution < -0.4 is 5.32 Å². The standard InChI is InChI=1S/C26H22BrN3O4/c27-20-10-6-18(7-11-20)15-26(34-33)25(32)30-16-23(19-8-12-21(31)13-9-19)28-22(24(30)29-26)14-17-4-2-1-3-5-17/h1-13,16,22,28,31,33H,14-15H2/t22-,26+/m1/s1. The van der Waals surface area contributed by atoms with Gasteiger partial charge in [-0.1, -0.05) is 58.4 Å². The Labute approximate surface area is 205 Å². The number of nitrogens with one attached hydrogen (secondary N) is 1. The van der Waals surface area contributed by atoms with E-state index < -0.39 is 11.6 Å². The molecule has 8 heteroatoms. The lowest BCUT2D eigenvalue weighted by Gasteiger charge is -2.31.